The molecule has 1 atom stereocenters. The van der Waals surface area contributed by atoms with E-state index in [0.717, 1.165) is 18.6 Å². The van der Waals surface area contributed by atoms with Gasteiger partial charge in [0.25, 0.3) is 5.91 Å². The minimum Gasteiger partial charge on any atom is -0.494 e. The fourth-order valence-corrected chi connectivity index (χ4v) is 1.98. The van der Waals surface area contributed by atoms with Crippen LogP contribution >= 0.6 is 11.6 Å². The molecule has 4 nitrogen and oxygen atoms in total. The Morgan fingerprint density at radius 1 is 1.33 bits per heavy atom. The highest BCUT2D eigenvalue weighted by Gasteiger charge is 2.07. The van der Waals surface area contributed by atoms with E-state index in [2.05, 4.69) is 12.2 Å². The van der Waals surface area contributed by atoms with Crippen molar-refractivity contribution in [3.8, 4) is 5.75 Å². The molecular formula is C16H24ClNO3. The van der Waals surface area contributed by atoms with Crippen LogP contribution in [0.5, 0.6) is 5.75 Å². The predicted molar refractivity (Wildman–Crippen MR) is 85.3 cm³/mol. The Morgan fingerprint density at radius 2 is 2.05 bits per heavy atom. The number of methoxy groups -OCH3 is 1. The Bertz CT molecular complexity index is 408. The van der Waals surface area contributed by atoms with Gasteiger partial charge in [-0.3, -0.25) is 4.79 Å². The second-order valence-corrected chi connectivity index (χ2v) is 5.44. The van der Waals surface area contributed by atoms with E-state index in [1.807, 2.05) is 12.1 Å². The number of nitrogens with one attached hydrogen (secondary N) is 1. The molecule has 1 amide bonds. The van der Waals surface area contributed by atoms with Crippen LogP contribution in [0.2, 0.25) is 0 Å². The summed E-state index contributed by atoms with van der Waals surface area (Å²) in [5.41, 5.74) is 0.621. The van der Waals surface area contributed by atoms with Crippen molar-refractivity contribution in [2.75, 3.05) is 26.9 Å². The van der Waals surface area contributed by atoms with E-state index in [4.69, 9.17) is 21.1 Å². The molecule has 21 heavy (non-hydrogen) atoms. The third kappa shape index (κ3) is 7.34. The molecule has 1 aromatic rings. The van der Waals surface area contributed by atoms with Crippen molar-refractivity contribution in [2.45, 2.75) is 31.6 Å². The largest absolute Gasteiger partial charge is 0.494 e. The molecule has 0 saturated heterocycles. The van der Waals surface area contributed by atoms with Gasteiger partial charge in [0.2, 0.25) is 0 Å². The van der Waals surface area contributed by atoms with Gasteiger partial charge in [-0.15, -0.1) is 11.6 Å². The van der Waals surface area contributed by atoms with E-state index >= 15 is 0 Å². The summed E-state index contributed by atoms with van der Waals surface area (Å²) < 4.78 is 10.5. The van der Waals surface area contributed by atoms with Crippen molar-refractivity contribution in [1.29, 1.82) is 0 Å². The van der Waals surface area contributed by atoms with Crippen molar-refractivity contribution in [2.24, 2.45) is 0 Å². The smallest absolute Gasteiger partial charge is 0.251 e. The first-order valence-electron chi connectivity index (χ1n) is 7.31. The van der Waals surface area contributed by atoms with Crippen LogP contribution in [-0.4, -0.2) is 38.2 Å². The number of rotatable bonds is 10. The summed E-state index contributed by atoms with van der Waals surface area (Å²) in [5, 5.41) is 2.76. The van der Waals surface area contributed by atoms with Crippen LogP contribution < -0.4 is 10.1 Å². The maximum Gasteiger partial charge on any atom is 0.251 e. The lowest BCUT2D eigenvalue weighted by molar-refractivity contribution is 0.0951. The minimum atomic E-state index is -0.101. The van der Waals surface area contributed by atoms with Gasteiger partial charge < -0.3 is 14.8 Å². The molecule has 0 spiro atoms. The molecule has 5 heteroatoms. The van der Waals surface area contributed by atoms with E-state index in [1.165, 1.54) is 0 Å². The number of carbonyl (C=O) groups is 1. The van der Waals surface area contributed by atoms with Gasteiger partial charge in [-0.25, -0.2) is 0 Å². The van der Waals surface area contributed by atoms with Crippen molar-refractivity contribution >= 4 is 17.5 Å². The van der Waals surface area contributed by atoms with Gasteiger partial charge in [0.05, 0.1) is 18.6 Å². The normalized spacial score (nSPS) is 12.0. The molecule has 1 aromatic carbocycles. The maximum atomic E-state index is 11.9. The highest BCUT2D eigenvalue weighted by Crippen LogP contribution is 2.12. The van der Waals surface area contributed by atoms with Crippen molar-refractivity contribution < 1.29 is 14.3 Å². The first-order chi connectivity index (χ1) is 10.2. The molecule has 0 aliphatic carbocycles. The second-order valence-electron chi connectivity index (χ2n) is 4.82. The molecule has 1 N–H and O–H groups in total. The molecule has 1 unspecified atom stereocenters. The Kier molecular flexibility index (Phi) is 8.87. The zero-order valence-electron chi connectivity index (χ0n) is 12.7. The van der Waals surface area contributed by atoms with Gasteiger partial charge >= 0.3 is 0 Å². The predicted octanol–water partition coefficient (Wildman–Crippen LogP) is 3.24. The summed E-state index contributed by atoms with van der Waals surface area (Å²) in [6.07, 6.45) is 2.81. The molecule has 0 bridgehead atoms. The van der Waals surface area contributed by atoms with Gasteiger partial charge in [-0.2, -0.15) is 0 Å². The van der Waals surface area contributed by atoms with Crippen LogP contribution in [0, 0.1) is 0 Å². The van der Waals surface area contributed by atoms with E-state index in [9.17, 15) is 4.79 Å². The zero-order valence-corrected chi connectivity index (χ0v) is 13.5. The topological polar surface area (TPSA) is 47.6 Å². The average Bonchev–Trinajstić information content (AvgIpc) is 2.48. The Labute approximate surface area is 131 Å². The standard InChI is InChI=1S/C16H24ClNO3/c1-3-4-11-21-15-7-5-13(6-8-15)16(19)18-10-9-14(17)12-20-2/h5-8,14H,3-4,9-12H2,1-2H3,(H,18,19). The first-order valence-corrected chi connectivity index (χ1v) is 7.75. The summed E-state index contributed by atoms with van der Waals surface area (Å²) in [6, 6.07) is 7.17. The van der Waals surface area contributed by atoms with Crippen molar-refractivity contribution in [3.05, 3.63) is 29.8 Å². The SMILES string of the molecule is CCCCOc1ccc(C(=O)NCCC(Cl)COC)cc1. The highest BCUT2D eigenvalue weighted by atomic mass is 35.5. The zero-order chi connectivity index (χ0) is 15.5. The summed E-state index contributed by atoms with van der Waals surface area (Å²) in [6.45, 7) is 3.85. The summed E-state index contributed by atoms with van der Waals surface area (Å²) in [7, 11) is 1.61. The Hall–Kier alpha value is -1.26. The van der Waals surface area contributed by atoms with Crippen LogP contribution in [0.15, 0.2) is 24.3 Å². The molecule has 0 heterocycles. The maximum absolute atomic E-state index is 11.9. The summed E-state index contributed by atoms with van der Waals surface area (Å²) in [5.74, 6) is 0.692. The summed E-state index contributed by atoms with van der Waals surface area (Å²) in [4.78, 5) is 11.9. The molecule has 1 rings (SSSR count). The van der Waals surface area contributed by atoms with Gasteiger partial charge in [0.1, 0.15) is 5.75 Å². The number of amides is 1. The fourth-order valence-electron chi connectivity index (χ4n) is 1.75. The monoisotopic (exact) mass is 313 g/mol. The van der Waals surface area contributed by atoms with Gasteiger partial charge in [0.15, 0.2) is 0 Å². The quantitative estimate of drug-likeness (QED) is 0.533. The number of ether oxygens (including phenoxy) is 2. The number of benzene rings is 1. The molecular weight excluding hydrogens is 290 g/mol. The molecule has 0 radical (unpaired) electrons. The molecule has 0 aliphatic rings. The van der Waals surface area contributed by atoms with Crippen LogP contribution in [-0.2, 0) is 4.74 Å². The molecule has 0 aromatic heterocycles. The summed E-state index contributed by atoms with van der Waals surface area (Å²) >= 11 is 6.00. The van der Waals surface area contributed by atoms with Crippen molar-refractivity contribution in [1.82, 2.24) is 5.32 Å². The number of alkyl halides is 1. The number of hydrogen-bond donors (Lipinski definition) is 1. The Morgan fingerprint density at radius 3 is 2.67 bits per heavy atom. The lowest BCUT2D eigenvalue weighted by Crippen LogP contribution is -2.27. The van der Waals surface area contributed by atoms with Crippen LogP contribution in [0.25, 0.3) is 0 Å². The van der Waals surface area contributed by atoms with Gasteiger partial charge in [0, 0.05) is 19.2 Å². The van der Waals surface area contributed by atoms with E-state index < -0.39 is 0 Å². The van der Waals surface area contributed by atoms with Crippen molar-refractivity contribution in [3.63, 3.8) is 0 Å². The van der Waals surface area contributed by atoms with Crippen LogP contribution in [0.1, 0.15) is 36.5 Å². The molecule has 118 valence electrons. The van der Waals surface area contributed by atoms with Gasteiger partial charge in [-0.05, 0) is 37.1 Å². The minimum absolute atomic E-state index is 0.0790. The molecule has 0 saturated carbocycles. The molecule has 0 aliphatic heterocycles. The number of hydrogen-bond acceptors (Lipinski definition) is 3. The average molecular weight is 314 g/mol. The second kappa shape index (κ2) is 10.5. The number of carbonyl (C=O) groups excluding carboxylic acids is 1. The van der Waals surface area contributed by atoms with E-state index in [-0.39, 0.29) is 11.3 Å². The third-order valence-electron chi connectivity index (χ3n) is 2.97. The lowest BCUT2D eigenvalue weighted by atomic mass is 10.2. The number of halogens is 1. The number of unbranched alkanes of at least 4 members (excludes halogenated alkanes) is 1. The lowest BCUT2D eigenvalue weighted by Gasteiger charge is -2.10. The highest BCUT2D eigenvalue weighted by molar-refractivity contribution is 6.20. The third-order valence-corrected chi connectivity index (χ3v) is 3.32. The van der Waals surface area contributed by atoms with Crippen LogP contribution in [0.4, 0.5) is 0 Å². The Balaban J connectivity index is 2.33. The van der Waals surface area contributed by atoms with Crippen LogP contribution in [0.3, 0.4) is 0 Å². The van der Waals surface area contributed by atoms with E-state index in [1.54, 1.807) is 19.2 Å². The van der Waals surface area contributed by atoms with E-state index in [0.29, 0.717) is 31.7 Å². The molecule has 0 fully saturated rings. The van der Waals surface area contributed by atoms with Gasteiger partial charge in [-0.1, -0.05) is 13.3 Å². The first kappa shape index (κ1) is 17.8. The fraction of sp³-hybridized carbons (Fsp3) is 0.562.